The van der Waals surface area contributed by atoms with Crippen LogP contribution in [0.2, 0.25) is 0 Å². The van der Waals surface area contributed by atoms with E-state index in [0.717, 1.165) is 29.4 Å². The highest BCUT2D eigenvalue weighted by Crippen LogP contribution is 2.35. The van der Waals surface area contributed by atoms with Crippen LogP contribution >= 0.6 is 0 Å². The molecule has 2 atom stereocenters. The predicted molar refractivity (Wildman–Crippen MR) is 108 cm³/mol. The van der Waals surface area contributed by atoms with E-state index in [4.69, 9.17) is 4.42 Å². The van der Waals surface area contributed by atoms with Crippen molar-refractivity contribution in [3.8, 4) is 16.9 Å². The second-order valence-electron chi connectivity index (χ2n) is 7.59. The summed E-state index contributed by atoms with van der Waals surface area (Å²) >= 11 is 0. The highest BCUT2D eigenvalue weighted by molar-refractivity contribution is 5.95. The van der Waals surface area contributed by atoms with Gasteiger partial charge in [-0.1, -0.05) is 36.8 Å². The molecule has 0 amide bonds. The Bertz CT molecular complexity index is 999. The van der Waals surface area contributed by atoms with Crippen molar-refractivity contribution < 1.29 is 9.52 Å². The lowest BCUT2D eigenvalue weighted by atomic mass is 9.95. The van der Waals surface area contributed by atoms with Crippen molar-refractivity contribution in [3.05, 3.63) is 64.5 Å². The van der Waals surface area contributed by atoms with Crippen molar-refractivity contribution in [2.75, 3.05) is 0 Å². The van der Waals surface area contributed by atoms with Gasteiger partial charge in [-0.25, -0.2) is 4.79 Å². The van der Waals surface area contributed by atoms with Gasteiger partial charge in [0.2, 0.25) is 0 Å². The summed E-state index contributed by atoms with van der Waals surface area (Å²) < 4.78 is 5.61. The summed E-state index contributed by atoms with van der Waals surface area (Å²) in [5, 5.41) is 11.4. The van der Waals surface area contributed by atoms with E-state index in [1.54, 1.807) is 6.07 Å². The minimum atomic E-state index is -0.395. The van der Waals surface area contributed by atoms with Gasteiger partial charge in [-0.3, -0.25) is 4.90 Å². The van der Waals surface area contributed by atoms with E-state index in [1.165, 1.54) is 12.5 Å². The van der Waals surface area contributed by atoms with E-state index in [0.29, 0.717) is 29.8 Å². The molecule has 3 aromatic rings. The van der Waals surface area contributed by atoms with E-state index in [2.05, 4.69) is 18.7 Å². The highest BCUT2D eigenvalue weighted by atomic mass is 16.4. The molecule has 4 rings (SSSR count). The molecule has 4 nitrogen and oxygen atoms in total. The summed E-state index contributed by atoms with van der Waals surface area (Å²) in [6.45, 7) is 5.03. The number of nitrogens with zero attached hydrogens (tertiary/aromatic N) is 1. The fourth-order valence-electron chi connectivity index (χ4n) is 4.25. The SMILES string of the molecule is C[C@H]1CCC[C@H](C)N1Cc1c(O)ccc2c(-c3ccccc3)cc(=O)oc12. The average Bonchev–Trinajstić information content (AvgIpc) is 2.66. The third-order valence-electron chi connectivity index (χ3n) is 5.79. The molecule has 1 N–H and O–H groups in total. The summed E-state index contributed by atoms with van der Waals surface area (Å²) in [4.78, 5) is 14.7. The molecule has 1 aliphatic rings. The number of hydrogen-bond acceptors (Lipinski definition) is 4. The predicted octanol–water partition coefficient (Wildman–Crippen LogP) is 4.93. The van der Waals surface area contributed by atoms with Crippen LogP contribution in [0.1, 0.15) is 38.7 Å². The molecule has 140 valence electrons. The zero-order chi connectivity index (χ0) is 19.0. The maximum absolute atomic E-state index is 12.3. The van der Waals surface area contributed by atoms with Crippen LogP contribution in [0.25, 0.3) is 22.1 Å². The Morgan fingerprint density at radius 1 is 1.07 bits per heavy atom. The Morgan fingerprint density at radius 2 is 1.78 bits per heavy atom. The second-order valence-corrected chi connectivity index (χ2v) is 7.59. The largest absolute Gasteiger partial charge is 0.507 e. The Kier molecular flexibility index (Phi) is 4.75. The summed E-state index contributed by atoms with van der Waals surface area (Å²) in [6.07, 6.45) is 3.53. The number of hydrogen-bond donors (Lipinski definition) is 1. The van der Waals surface area contributed by atoms with E-state index in [1.807, 2.05) is 36.4 Å². The van der Waals surface area contributed by atoms with Crippen molar-refractivity contribution in [1.29, 1.82) is 0 Å². The van der Waals surface area contributed by atoms with E-state index in [9.17, 15) is 9.90 Å². The molecule has 2 aromatic carbocycles. The normalized spacial score (nSPS) is 20.8. The van der Waals surface area contributed by atoms with Crippen molar-refractivity contribution in [2.45, 2.75) is 51.7 Å². The average molecular weight is 363 g/mol. The molecule has 1 aromatic heterocycles. The quantitative estimate of drug-likeness (QED) is 0.671. The zero-order valence-corrected chi connectivity index (χ0v) is 15.8. The first kappa shape index (κ1) is 17.8. The second kappa shape index (κ2) is 7.20. The molecule has 4 heteroatoms. The minimum Gasteiger partial charge on any atom is -0.507 e. The fourth-order valence-corrected chi connectivity index (χ4v) is 4.25. The van der Waals surface area contributed by atoms with Crippen LogP contribution in [0.5, 0.6) is 5.75 Å². The van der Waals surface area contributed by atoms with Crippen LogP contribution in [-0.2, 0) is 6.54 Å². The molecule has 0 aliphatic carbocycles. The third-order valence-corrected chi connectivity index (χ3v) is 5.79. The van der Waals surface area contributed by atoms with Gasteiger partial charge in [-0.05, 0) is 49.9 Å². The first-order chi connectivity index (χ1) is 13.0. The zero-order valence-electron chi connectivity index (χ0n) is 15.8. The van der Waals surface area contributed by atoms with Gasteiger partial charge in [0.05, 0.1) is 5.56 Å². The molecule has 1 fully saturated rings. The first-order valence-electron chi connectivity index (χ1n) is 9.64. The Hall–Kier alpha value is -2.59. The lowest BCUT2D eigenvalue weighted by molar-refractivity contribution is 0.0945. The van der Waals surface area contributed by atoms with Crippen LogP contribution < -0.4 is 5.63 Å². The number of fused-ring (bicyclic) bond motifs is 1. The lowest BCUT2D eigenvalue weighted by Gasteiger charge is -2.39. The van der Waals surface area contributed by atoms with Gasteiger partial charge in [0, 0.05) is 30.1 Å². The maximum atomic E-state index is 12.3. The van der Waals surface area contributed by atoms with E-state index >= 15 is 0 Å². The number of rotatable bonds is 3. The number of piperidine rings is 1. The van der Waals surface area contributed by atoms with E-state index in [-0.39, 0.29) is 5.75 Å². The molecule has 0 spiro atoms. The van der Waals surface area contributed by atoms with Crippen LogP contribution in [0, 0.1) is 0 Å². The number of benzene rings is 2. The van der Waals surface area contributed by atoms with Crippen LogP contribution in [0.15, 0.2) is 57.7 Å². The lowest BCUT2D eigenvalue weighted by Crippen LogP contribution is -2.43. The monoisotopic (exact) mass is 363 g/mol. The fraction of sp³-hybridized carbons (Fsp3) is 0.348. The summed E-state index contributed by atoms with van der Waals surface area (Å²) in [5.74, 6) is 0.181. The number of aromatic hydroxyl groups is 1. The van der Waals surface area contributed by atoms with Crippen molar-refractivity contribution in [1.82, 2.24) is 4.90 Å². The number of phenolic OH excluding ortho intramolecular Hbond substituents is 1. The molecule has 0 unspecified atom stereocenters. The number of phenols is 1. The molecule has 0 saturated carbocycles. The van der Waals surface area contributed by atoms with Gasteiger partial charge in [-0.2, -0.15) is 0 Å². The van der Waals surface area contributed by atoms with Gasteiger partial charge in [0.15, 0.2) is 0 Å². The number of likely N-dealkylation sites (tertiary alicyclic amines) is 1. The van der Waals surface area contributed by atoms with Crippen molar-refractivity contribution in [2.24, 2.45) is 0 Å². The minimum absolute atomic E-state index is 0.181. The topological polar surface area (TPSA) is 53.7 Å². The Balaban J connectivity index is 1.87. The van der Waals surface area contributed by atoms with Crippen LogP contribution in [-0.4, -0.2) is 22.1 Å². The van der Waals surface area contributed by atoms with E-state index < -0.39 is 5.63 Å². The van der Waals surface area contributed by atoms with Gasteiger partial charge < -0.3 is 9.52 Å². The highest BCUT2D eigenvalue weighted by Gasteiger charge is 2.27. The molecule has 27 heavy (non-hydrogen) atoms. The molecular weight excluding hydrogens is 338 g/mol. The third kappa shape index (κ3) is 3.37. The molecular formula is C23H25NO3. The maximum Gasteiger partial charge on any atom is 0.336 e. The van der Waals surface area contributed by atoms with Gasteiger partial charge in [0.25, 0.3) is 0 Å². The summed E-state index contributed by atoms with van der Waals surface area (Å²) in [6, 6.07) is 15.8. The smallest absolute Gasteiger partial charge is 0.336 e. The van der Waals surface area contributed by atoms with Crippen molar-refractivity contribution in [3.63, 3.8) is 0 Å². The van der Waals surface area contributed by atoms with Crippen LogP contribution in [0.3, 0.4) is 0 Å². The van der Waals surface area contributed by atoms with Gasteiger partial charge >= 0.3 is 5.63 Å². The molecule has 0 bridgehead atoms. The Labute approximate surface area is 159 Å². The summed E-state index contributed by atoms with van der Waals surface area (Å²) in [7, 11) is 0. The summed E-state index contributed by atoms with van der Waals surface area (Å²) in [5.41, 5.74) is 2.59. The van der Waals surface area contributed by atoms with Gasteiger partial charge in [0.1, 0.15) is 11.3 Å². The van der Waals surface area contributed by atoms with Crippen molar-refractivity contribution >= 4 is 11.0 Å². The van der Waals surface area contributed by atoms with Crippen LogP contribution in [0.4, 0.5) is 0 Å². The molecule has 1 saturated heterocycles. The van der Waals surface area contributed by atoms with Gasteiger partial charge in [-0.15, -0.1) is 0 Å². The standard InChI is InChI=1S/C23H25NO3/c1-15-7-6-8-16(2)24(15)14-20-21(25)12-11-18-19(13-22(26)27-23(18)20)17-9-4-3-5-10-17/h3-5,9-13,15-16,25H,6-8,14H2,1-2H3/t15-,16-/m0/s1. The molecule has 1 aliphatic heterocycles. The first-order valence-corrected chi connectivity index (χ1v) is 9.64. The Morgan fingerprint density at radius 3 is 2.48 bits per heavy atom. The molecule has 0 radical (unpaired) electrons. The molecule has 2 heterocycles.